The lowest BCUT2D eigenvalue weighted by molar-refractivity contribution is -0.0677. The maximum atomic E-state index is 6.24. The van der Waals surface area contributed by atoms with Gasteiger partial charge in [-0.2, -0.15) is 0 Å². The van der Waals surface area contributed by atoms with Crippen LogP contribution in [0.3, 0.4) is 0 Å². The van der Waals surface area contributed by atoms with Crippen molar-refractivity contribution in [1.29, 1.82) is 0 Å². The van der Waals surface area contributed by atoms with Crippen molar-refractivity contribution < 1.29 is 18.9 Å². The third kappa shape index (κ3) is 3.20. The highest BCUT2D eigenvalue weighted by molar-refractivity contribution is 6.29. The summed E-state index contributed by atoms with van der Waals surface area (Å²) in [6.45, 7) is 6.44. The van der Waals surface area contributed by atoms with Crippen molar-refractivity contribution in [1.82, 2.24) is 4.98 Å². The van der Waals surface area contributed by atoms with E-state index in [1.54, 1.807) is 13.2 Å². The monoisotopic (exact) mass is 341 g/mol. The van der Waals surface area contributed by atoms with Gasteiger partial charge in [0.05, 0.1) is 24.5 Å². The van der Waals surface area contributed by atoms with Crippen LogP contribution < -0.4 is 4.74 Å². The predicted molar refractivity (Wildman–Crippen MR) is 87.2 cm³/mol. The lowest BCUT2D eigenvalue weighted by Gasteiger charge is -2.35. The zero-order valence-corrected chi connectivity index (χ0v) is 14.7. The summed E-state index contributed by atoms with van der Waals surface area (Å²) >= 11 is 6.24. The van der Waals surface area contributed by atoms with Crippen molar-refractivity contribution in [3.63, 3.8) is 0 Å². The number of aromatic nitrogens is 1. The van der Waals surface area contributed by atoms with E-state index in [-0.39, 0.29) is 5.60 Å². The van der Waals surface area contributed by atoms with Gasteiger partial charge in [0.2, 0.25) is 0 Å². The minimum atomic E-state index is -0.466. The molecule has 2 unspecified atom stereocenters. The summed E-state index contributed by atoms with van der Waals surface area (Å²) in [4.78, 5) is 4.54. The average Bonchev–Trinajstić information content (AvgIpc) is 3.02. The second kappa shape index (κ2) is 6.55. The highest BCUT2D eigenvalue weighted by Gasteiger charge is 2.44. The number of hydrogen-bond donors (Lipinski definition) is 0. The number of fused-ring (bicyclic) bond motifs is 2. The van der Waals surface area contributed by atoms with E-state index in [0.29, 0.717) is 31.6 Å². The first-order chi connectivity index (χ1) is 11.0. The van der Waals surface area contributed by atoms with Gasteiger partial charge in [-0.15, -0.1) is 0 Å². The van der Waals surface area contributed by atoms with Gasteiger partial charge in [0.1, 0.15) is 23.1 Å². The van der Waals surface area contributed by atoms with Crippen molar-refractivity contribution in [3.8, 4) is 5.75 Å². The normalized spacial score (nSPS) is 26.1. The Morgan fingerprint density at radius 3 is 2.91 bits per heavy atom. The summed E-state index contributed by atoms with van der Waals surface area (Å²) in [5, 5.41) is 0.422. The van der Waals surface area contributed by atoms with E-state index < -0.39 is 5.60 Å². The minimum Gasteiger partial charge on any atom is -0.490 e. The molecule has 1 aromatic heterocycles. The van der Waals surface area contributed by atoms with E-state index in [9.17, 15) is 0 Å². The molecule has 3 rings (SSSR count). The van der Waals surface area contributed by atoms with Crippen LogP contribution in [-0.2, 0) is 26.2 Å². The van der Waals surface area contributed by atoms with Crippen LogP contribution in [-0.4, -0.2) is 44.1 Å². The molecule has 0 radical (unpaired) electrons. The molecule has 1 spiro atoms. The van der Waals surface area contributed by atoms with Crippen molar-refractivity contribution >= 4 is 11.6 Å². The van der Waals surface area contributed by atoms with E-state index >= 15 is 0 Å². The molecular formula is C17H24ClNO4. The molecule has 6 heteroatoms. The molecule has 1 fully saturated rings. The molecular weight excluding hydrogens is 318 g/mol. The Kier molecular flexibility index (Phi) is 4.83. The standard InChI is InChI=1S/C17H24ClNO4/c1-4-16(2,20-3)10-22-13-9-14(18)19-15-12(13)5-7-23-17(15)6-8-21-11-17/h9H,4-8,10-11H2,1-3H3. The Hall–Kier alpha value is -0.880. The van der Waals surface area contributed by atoms with Gasteiger partial charge in [0.15, 0.2) is 0 Å². The number of ether oxygens (including phenoxy) is 4. The topological polar surface area (TPSA) is 49.8 Å². The molecule has 0 aromatic carbocycles. The van der Waals surface area contributed by atoms with Gasteiger partial charge in [0, 0.05) is 38.2 Å². The number of halogens is 1. The van der Waals surface area contributed by atoms with Crippen LogP contribution in [0, 0.1) is 0 Å². The number of nitrogens with zero attached hydrogens (tertiary/aromatic N) is 1. The van der Waals surface area contributed by atoms with Crippen LogP contribution in [0.15, 0.2) is 6.07 Å². The first kappa shape index (κ1) is 17.0. The summed E-state index contributed by atoms with van der Waals surface area (Å²) in [5.41, 5.74) is 1.17. The highest BCUT2D eigenvalue weighted by Crippen LogP contribution is 2.42. The van der Waals surface area contributed by atoms with E-state index in [2.05, 4.69) is 11.9 Å². The van der Waals surface area contributed by atoms with E-state index in [4.69, 9.17) is 30.5 Å². The smallest absolute Gasteiger partial charge is 0.136 e. The van der Waals surface area contributed by atoms with Crippen LogP contribution in [0.2, 0.25) is 5.15 Å². The molecule has 1 aromatic rings. The van der Waals surface area contributed by atoms with Gasteiger partial charge in [-0.3, -0.25) is 0 Å². The predicted octanol–water partition coefficient (Wildman–Crippen LogP) is 3.12. The van der Waals surface area contributed by atoms with Crippen LogP contribution in [0.25, 0.3) is 0 Å². The molecule has 0 saturated carbocycles. The Bertz CT molecular complexity index is 568. The quantitative estimate of drug-likeness (QED) is 0.770. The Labute approximate surface area is 142 Å². The van der Waals surface area contributed by atoms with E-state index in [1.165, 1.54) is 0 Å². The fraction of sp³-hybridized carbons (Fsp3) is 0.706. The molecule has 2 aliphatic rings. The molecule has 128 valence electrons. The van der Waals surface area contributed by atoms with Gasteiger partial charge in [-0.25, -0.2) is 4.98 Å². The van der Waals surface area contributed by atoms with Crippen molar-refractivity contribution in [2.24, 2.45) is 0 Å². The van der Waals surface area contributed by atoms with Gasteiger partial charge < -0.3 is 18.9 Å². The van der Waals surface area contributed by atoms with Crippen molar-refractivity contribution in [2.75, 3.05) is 33.5 Å². The third-order valence-electron chi connectivity index (χ3n) is 4.97. The second-order valence-corrected chi connectivity index (χ2v) is 6.85. The number of methoxy groups -OCH3 is 1. The lowest BCUT2D eigenvalue weighted by atomic mass is 9.90. The maximum absolute atomic E-state index is 6.24. The molecule has 2 atom stereocenters. The largest absolute Gasteiger partial charge is 0.490 e. The van der Waals surface area contributed by atoms with Gasteiger partial charge in [-0.05, 0) is 13.3 Å². The molecule has 2 aliphatic heterocycles. The first-order valence-corrected chi connectivity index (χ1v) is 8.49. The van der Waals surface area contributed by atoms with Crippen LogP contribution >= 0.6 is 11.6 Å². The molecule has 0 aliphatic carbocycles. The SMILES string of the molecule is CCC(C)(COc1cc(Cl)nc2c1CCOC21CCOC1)OC. The third-order valence-corrected chi connectivity index (χ3v) is 5.17. The summed E-state index contributed by atoms with van der Waals surface area (Å²) in [6, 6.07) is 1.79. The molecule has 0 amide bonds. The Morgan fingerprint density at radius 2 is 2.26 bits per heavy atom. The summed E-state index contributed by atoms with van der Waals surface area (Å²) in [6.07, 6.45) is 2.44. The summed E-state index contributed by atoms with van der Waals surface area (Å²) in [5.74, 6) is 0.784. The average molecular weight is 342 g/mol. The number of pyridine rings is 1. The molecule has 5 nitrogen and oxygen atoms in total. The number of hydrogen-bond acceptors (Lipinski definition) is 5. The summed E-state index contributed by atoms with van der Waals surface area (Å²) < 4.78 is 23.2. The minimum absolute atomic E-state index is 0.318. The van der Waals surface area contributed by atoms with Crippen LogP contribution in [0.4, 0.5) is 0 Å². The van der Waals surface area contributed by atoms with Crippen LogP contribution in [0.1, 0.15) is 37.9 Å². The summed E-state index contributed by atoms with van der Waals surface area (Å²) in [7, 11) is 1.71. The van der Waals surface area contributed by atoms with Gasteiger partial charge in [0.25, 0.3) is 0 Å². The zero-order chi connectivity index (χ0) is 16.5. The van der Waals surface area contributed by atoms with Crippen molar-refractivity contribution in [3.05, 3.63) is 22.5 Å². The molecule has 0 bridgehead atoms. The van der Waals surface area contributed by atoms with Crippen molar-refractivity contribution in [2.45, 2.75) is 44.3 Å². The highest BCUT2D eigenvalue weighted by atomic mass is 35.5. The second-order valence-electron chi connectivity index (χ2n) is 6.46. The fourth-order valence-electron chi connectivity index (χ4n) is 3.07. The Balaban J connectivity index is 1.92. The maximum Gasteiger partial charge on any atom is 0.136 e. The molecule has 1 saturated heterocycles. The first-order valence-electron chi connectivity index (χ1n) is 8.11. The fourth-order valence-corrected chi connectivity index (χ4v) is 3.25. The molecule has 3 heterocycles. The molecule has 0 N–H and O–H groups in total. The van der Waals surface area contributed by atoms with Gasteiger partial charge >= 0.3 is 0 Å². The van der Waals surface area contributed by atoms with E-state index in [0.717, 1.165) is 36.3 Å². The van der Waals surface area contributed by atoms with E-state index in [1.807, 2.05) is 6.92 Å². The van der Waals surface area contributed by atoms with Gasteiger partial charge in [-0.1, -0.05) is 18.5 Å². The lowest BCUT2D eigenvalue weighted by Crippen LogP contribution is -2.38. The zero-order valence-electron chi connectivity index (χ0n) is 14.0. The Morgan fingerprint density at radius 1 is 1.43 bits per heavy atom. The number of rotatable bonds is 5. The van der Waals surface area contributed by atoms with Crippen LogP contribution in [0.5, 0.6) is 5.75 Å². The molecule has 23 heavy (non-hydrogen) atoms.